The summed E-state index contributed by atoms with van der Waals surface area (Å²) in [5.74, 6) is -2.23. The summed E-state index contributed by atoms with van der Waals surface area (Å²) >= 11 is 0. The van der Waals surface area contributed by atoms with Crippen molar-refractivity contribution in [1.29, 1.82) is 0 Å². The minimum absolute atomic E-state index is 0.0475. The molecule has 4 heterocycles. The van der Waals surface area contributed by atoms with Gasteiger partial charge in [-0.15, -0.1) is 0 Å². The second-order valence-electron chi connectivity index (χ2n) is 9.55. The van der Waals surface area contributed by atoms with Crippen LogP contribution in [-0.2, 0) is 9.59 Å². The van der Waals surface area contributed by atoms with E-state index >= 15 is 0 Å². The second kappa shape index (κ2) is 8.01. The first kappa shape index (κ1) is 22.2. The van der Waals surface area contributed by atoms with Crippen LogP contribution in [0.1, 0.15) is 27.5 Å². The number of Topliss-reactive ketones (excluding diaryl/α,β-unsaturated/α-hetero) is 1. The van der Waals surface area contributed by atoms with Crippen molar-refractivity contribution in [3.63, 3.8) is 0 Å². The van der Waals surface area contributed by atoms with Gasteiger partial charge >= 0.3 is 0 Å². The predicted molar refractivity (Wildman–Crippen MR) is 133 cm³/mol. The van der Waals surface area contributed by atoms with Crippen LogP contribution in [0.5, 0.6) is 11.5 Å². The summed E-state index contributed by atoms with van der Waals surface area (Å²) in [5.41, 5.74) is 1.96. The van der Waals surface area contributed by atoms with E-state index in [9.17, 15) is 24.5 Å². The number of imide groups is 1. The Morgan fingerprint density at radius 3 is 2.55 bits per heavy atom. The maximum Gasteiger partial charge on any atom is 0.270 e. The van der Waals surface area contributed by atoms with E-state index < -0.39 is 46.4 Å². The van der Waals surface area contributed by atoms with Crippen LogP contribution >= 0.6 is 0 Å². The van der Waals surface area contributed by atoms with Gasteiger partial charge in [-0.3, -0.25) is 24.5 Å². The number of nitro groups is 1. The zero-order valence-electron chi connectivity index (χ0n) is 19.7. The fourth-order valence-corrected chi connectivity index (χ4v) is 6.08. The summed E-state index contributed by atoms with van der Waals surface area (Å²) in [5, 5.41) is 11.4. The van der Waals surface area contributed by atoms with E-state index in [-0.39, 0.29) is 18.0 Å². The van der Waals surface area contributed by atoms with Crippen LogP contribution in [0.25, 0.3) is 6.08 Å². The van der Waals surface area contributed by atoms with Crippen LogP contribution in [0.4, 0.5) is 11.4 Å². The molecule has 3 aromatic carbocycles. The molecular formula is C28H19N3O7. The zero-order valence-corrected chi connectivity index (χ0v) is 19.7. The Kier molecular flexibility index (Phi) is 4.68. The average molecular weight is 509 g/mol. The van der Waals surface area contributed by atoms with Crippen molar-refractivity contribution >= 4 is 35.0 Å². The Balaban J connectivity index is 1.35. The van der Waals surface area contributed by atoms with E-state index in [0.717, 1.165) is 16.0 Å². The fraction of sp³-hybridized carbons (Fsp3) is 0.179. The molecular weight excluding hydrogens is 490 g/mol. The van der Waals surface area contributed by atoms with Gasteiger partial charge in [-0.2, -0.15) is 0 Å². The first-order valence-corrected chi connectivity index (χ1v) is 12.0. The lowest BCUT2D eigenvalue weighted by Gasteiger charge is -2.35. The second-order valence-corrected chi connectivity index (χ2v) is 9.55. The number of benzene rings is 3. The number of carbonyl (C=O) groups excluding carboxylic acids is 3. The van der Waals surface area contributed by atoms with Gasteiger partial charge in [-0.25, -0.2) is 4.90 Å². The highest BCUT2D eigenvalue weighted by Crippen LogP contribution is 2.54. The molecule has 0 aliphatic carbocycles. The van der Waals surface area contributed by atoms with E-state index in [1.54, 1.807) is 29.3 Å². The molecule has 0 bridgehead atoms. The average Bonchev–Trinajstić information content (AvgIpc) is 3.61. The van der Waals surface area contributed by atoms with Gasteiger partial charge in [0.1, 0.15) is 6.04 Å². The molecule has 10 nitrogen and oxygen atoms in total. The van der Waals surface area contributed by atoms with Crippen molar-refractivity contribution < 1.29 is 28.8 Å². The van der Waals surface area contributed by atoms with Gasteiger partial charge in [-0.05, 0) is 29.3 Å². The van der Waals surface area contributed by atoms with Crippen LogP contribution in [-0.4, -0.2) is 40.3 Å². The molecule has 3 aromatic rings. The van der Waals surface area contributed by atoms with Gasteiger partial charge in [0.25, 0.3) is 5.69 Å². The quantitative estimate of drug-likeness (QED) is 0.226. The summed E-state index contributed by atoms with van der Waals surface area (Å²) in [6, 6.07) is 16.3. The summed E-state index contributed by atoms with van der Waals surface area (Å²) in [6.07, 6.45) is 3.60. The molecule has 0 N–H and O–H groups in total. The minimum atomic E-state index is -1.02. The smallest absolute Gasteiger partial charge is 0.270 e. The number of carbonyl (C=O) groups is 3. The molecule has 7 rings (SSSR count). The topological polar surface area (TPSA) is 119 Å². The van der Waals surface area contributed by atoms with Gasteiger partial charge < -0.3 is 14.4 Å². The molecule has 0 radical (unpaired) electrons. The highest BCUT2D eigenvalue weighted by Gasteiger charge is 2.64. The van der Waals surface area contributed by atoms with Crippen LogP contribution in [0.3, 0.4) is 0 Å². The van der Waals surface area contributed by atoms with E-state index in [2.05, 4.69) is 0 Å². The molecule has 38 heavy (non-hydrogen) atoms. The molecule has 2 amide bonds. The van der Waals surface area contributed by atoms with Crippen molar-refractivity contribution in [2.24, 2.45) is 11.8 Å². The lowest BCUT2D eigenvalue weighted by Crippen LogP contribution is -2.44. The van der Waals surface area contributed by atoms with Crippen molar-refractivity contribution in [2.45, 2.75) is 12.1 Å². The third-order valence-corrected chi connectivity index (χ3v) is 7.69. The molecule has 4 aliphatic heterocycles. The number of hydrogen-bond donors (Lipinski definition) is 0. The normalized spacial score (nSPS) is 24.3. The predicted octanol–water partition coefficient (Wildman–Crippen LogP) is 3.72. The molecule has 0 unspecified atom stereocenters. The summed E-state index contributed by atoms with van der Waals surface area (Å²) in [7, 11) is 0. The van der Waals surface area contributed by atoms with Gasteiger partial charge in [0.2, 0.25) is 18.6 Å². The number of nitro benzene ring substituents is 1. The number of non-ortho nitro benzene ring substituents is 1. The van der Waals surface area contributed by atoms with E-state index in [1.807, 2.05) is 30.3 Å². The fourth-order valence-electron chi connectivity index (χ4n) is 6.08. The number of anilines is 1. The Morgan fingerprint density at radius 2 is 1.71 bits per heavy atom. The molecule has 0 aromatic heterocycles. The first-order chi connectivity index (χ1) is 18.4. The largest absolute Gasteiger partial charge is 0.454 e. The molecule has 2 saturated heterocycles. The Morgan fingerprint density at radius 1 is 0.921 bits per heavy atom. The van der Waals surface area contributed by atoms with Crippen LogP contribution < -0.4 is 14.4 Å². The van der Waals surface area contributed by atoms with Gasteiger partial charge in [0.05, 0.1) is 28.5 Å². The summed E-state index contributed by atoms with van der Waals surface area (Å²) < 4.78 is 10.8. The van der Waals surface area contributed by atoms with E-state index in [1.165, 1.54) is 24.3 Å². The molecule has 188 valence electrons. The lowest BCUT2D eigenvalue weighted by molar-refractivity contribution is -0.384. The Labute approximate surface area is 215 Å². The monoisotopic (exact) mass is 509 g/mol. The van der Waals surface area contributed by atoms with Gasteiger partial charge in [-0.1, -0.05) is 36.4 Å². The third-order valence-electron chi connectivity index (χ3n) is 7.69. The number of nitrogens with zero attached hydrogens (tertiary/aromatic N) is 3. The minimum Gasteiger partial charge on any atom is -0.454 e. The number of ketones is 1. The number of amides is 2. The number of fused-ring (bicyclic) bond motifs is 6. The molecule has 0 spiro atoms. The van der Waals surface area contributed by atoms with Gasteiger partial charge in [0.15, 0.2) is 17.3 Å². The van der Waals surface area contributed by atoms with Crippen molar-refractivity contribution in [3.8, 4) is 11.5 Å². The van der Waals surface area contributed by atoms with Crippen LogP contribution in [0.2, 0.25) is 0 Å². The van der Waals surface area contributed by atoms with Crippen LogP contribution in [0.15, 0.2) is 72.9 Å². The maximum absolute atomic E-state index is 14.0. The standard InChI is InChI=1S/C28H19N3O7/c32-26(16-5-3-6-18(12-16)31(35)36)25-23-22(24-19-7-2-1-4-15(19)10-11-29(24)25)27(33)30(28(23)34)17-8-9-20-21(13-17)38-14-37-20/h1-13,22-25H,14H2/t22-,23-,24+,25+/m0/s1. The molecule has 2 fully saturated rings. The lowest BCUT2D eigenvalue weighted by atomic mass is 9.83. The molecule has 0 saturated carbocycles. The molecule has 10 heteroatoms. The van der Waals surface area contributed by atoms with Crippen molar-refractivity contribution in [1.82, 2.24) is 4.90 Å². The molecule has 4 atom stereocenters. The van der Waals surface area contributed by atoms with Gasteiger partial charge in [0, 0.05) is 30.0 Å². The number of rotatable bonds is 4. The maximum atomic E-state index is 14.0. The van der Waals surface area contributed by atoms with E-state index in [0.29, 0.717) is 17.2 Å². The summed E-state index contributed by atoms with van der Waals surface area (Å²) in [4.78, 5) is 55.6. The highest BCUT2D eigenvalue weighted by molar-refractivity contribution is 6.24. The van der Waals surface area contributed by atoms with E-state index in [4.69, 9.17) is 9.47 Å². The number of ether oxygens (including phenoxy) is 2. The SMILES string of the molecule is O=C(c1cccc([N+](=O)[O-])c1)[C@H]1[C@H]2C(=O)N(c3ccc4c(c3)OCO4)C(=O)[C@@H]2[C@H]2c3ccccc3C=CN21. The highest BCUT2D eigenvalue weighted by atomic mass is 16.7. The van der Waals surface area contributed by atoms with Crippen LogP contribution in [0, 0.1) is 22.0 Å². The summed E-state index contributed by atoms with van der Waals surface area (Å²) in [6.45, 7) is 0.0475. The third kappa shape index (κ3) is 3.03. The zero-order chi connectivity index (χ0) is 26.1. The number of hydrogen-bond acceptors (Lipinski definition) is 8. The van der Waals surface area contributed by atoms with Crippen molar-refractivity contribution in [3.05, 3.63) is 99.7 Å². The Hall–Kier alpha value is -4.99. The molecule has 4 aliphatic rings. The van der Waals surface area contributed by atoms with Crippen molar-refractivity contribution in [2.75, 3.05) is 11.7 Å². The first-order valence-electron chi connectivity index (χ1n) is 12.0. The Bertz CT molecular complexity index is 1600.